The lowest BCUT2D eigenvalue weighted by atomic mass is 10.0. The molecule has 0 radical (unpaired) electrons. The van der Waals surface area contributed by atoms with E-state index < -0.39 is 0 Å². The van der Waals surface area contributed by atoms with Crippen molar-refractivity contribution in [2.45, 2.75) is 33.4 Å². The number of hydrogen-bond donors (Lipinski definition) is 2. The van der Waals surface area contributed by atoms with E-state index in [1.807, 2.05) is 25.1 Å². The highest BCUT2D eigenvalue weighted by Crippen LogP contribution is 2.14. The molecule has 0 aliphatic heterocycles. The fourth-order valence-corrected chi connectivity index (χ4v) is 1.54. The van der Waals surface area contributed by atoms with Crippen molar-refractivity contribution in [2.24, 2.45) is 10.9 Å². The molecule has 0 amide bonds. The van der Waals surface area contributed by atoms with Gasteiger partial charge in [0.2, 0.25) is 0 Å². The summed E-state index contributed by atoms with van der Waals surface area (Å²) in [5.74, 6) is 0.150. The molecule has 4 nitrogen and oxygen atoms in total. The Balaban J connectivity index is 2.91. The fourth-order valence-electron chi connectivity index (χ4n) is 1.54. The van der Waals surface area contributed by atoms with Gasteiger partial charge < -0.3 is 10.9 Å². The molecule has 0 aliphatic rings. The number of hydrogen-bond acceptors (Lipinski definition) is 3. The number of oxime groups is 1. The van der Waals surface area contributed by atoms with Crippen LogP contribution in [-0.4, -0.2) is 29.0 Å². The highest BCUT2D eigenvalue weighted by molar-refractivity contribution is 5.97. The highest BCUT2D eigenvalue weighted by atomic mass is 16.4. The van der Waals surface area contributed by atoms with Crippen molar-refractivity contribution in [1.29, 1.82) is 0 Å². The topological polar surface area (TPSA) is 61.9 Å². The summed E-state index contributed by atoms with van der Waals surface area (Å²) in [4.78, 5) is 2.27. The average molecular weight is 235 g/mol. The summed E-state index contributed by atoms with van der Waals surface area (Å²) in [6.07, 6.45) is 0. The van der Waals surface area contributed by atoms with Gasteiger partial charge >= 0.3 is 0 Å². The molecule has 1 aromatic carbocycles. The monoisotopic (exact) mass is 235 g/mol. The summed E-state index contributed by atoms with van der Waals surface area (Å²) >= 11 is 0. The molecule has 0 bridgehead atoms. The maximum atomic E-state index is 8.62. The summed E-state index contributed by atoms with van der Waals surface area (Å²) in [6.45, 7) is 7.28. The van der Waals surface area contributed by atoms with E-state index in [1.165, 1.54) is 5.56 Å². The quantitative estimate of drug-likeness (QED) is 0.363. The maximum absolute atomic E-state index is 8.62. The molecular formula is C13H21N3O. The first-order chi connectivity index (χ1) is 7.95. The third-order valence-corrected chi connectivity index (χ3v) is 3.05. The first-order valence-electron chi connectivity index (χ1n) is 5.73. The summed E-state index contributed by atoms with van der Waals surface area (Å²) in [5, 5.41) is 11.6. The molecule has 4 heteroatoms. The zero-order valence-electron chi connectivity index (χ0n) is 10.9. The second kappa shape index (κ2) is 5.68. The Kier molecular flexibility index (Phi) is 4.52. The van der Waals surface area contributed by atoms with Crippen molar-refractivity contribution in [1.82, 2.24) is 4.90 Å². The Labute approximate surface area is 103 Å². The Morgan fingerprint density at radius 2 is 2.12 bits per heavy atom. The van der Waals surface area contributed by atoms with Crippen LogP contribution in [0.2, 0.25) is 0 Å². The molecule has 0 aromatic heterocycles. The minimum atomic E-state index is 0.150. The Morgan fingerprint density at radius 3 is 2.59 bits per heavy atom. The molecule has 0 saturated heterocycles. The van der Waals surface area contributed by atoms with Gasteiger partial charge in [-0.1, -0.05) is 17.3 Å². The Morgan fingerprint density at radius 1 is 1.47 bits per heavy atom. The van der Waals surface area contributed by atoms with E-state index in [9.17, 15) is 0 Å². The lowest BCUT2D eigenvalue weighted by Crippen LogP contribution is -2.26. The van der Waals surface area contributed by atoms with E-state index in [1.54, 1.807) is 0 Å². The molecule has 1 aromatic rings. The fraction of sp³-hybridized carbons (Fsp3) is 0.462. The zero-order chi connectivity index (χ0) is 13.0. The molecule has 0 atom stereocenters. The SMILES string of the molecule is Cc1cc(/C(N)=N/O)ccc1CN(C)C(C)C. The van der Waals surface area contributed by atoms with Gasteiger partial charge in [-0.15, -0.1) is 0 Å². The van der Waals surface area contributed by atoms with Crippen molar-refractivity contribution in [3.05, 3.63) is 34.9 Å². The van der Waals surface area contributed by atoms with E-state index in [0.29, 0.717) is 6.04 Å². The molecular weight excluding hydrogens is 214 g/mol. The van der Waals surface area contributed by atoms with Gasteiger partial charge in [0.05, 0.1) is 0 Å². The van der Waals surface area contributed by atoms with Crippen LogP contribution < -0.4 is 5.73 Å². The van der Waals surface area contributed by atoms with E-state index in [0.717, 1.165) is 17.7 Å². The van der Waals surface area contributed by atoms with Crippen molar-refractivity contribution >= 4 is 5.84 Å². The normalized spacial score (nSPS) is 12.5. The lowest BCUT2D eigenvalue weighted by molar-refractivity contribution is 0.265. The van der Waals surface area contributed by atoms with Gasteiger partial charge in [0.25, 0.3) is 0 Å². The van der Waals surface area contributed by atoms with Crippen LogP contribution in [0.3, 0.4) is 0 Å². The molecule has 0 saturated carbocycles. The van der Waals surface area contributed by atoms with Crippen LogP contribution >= 0.6 is 0 Å². The van der Waals surface area contributed by atoms with Crippen LogP contribution in [0.15, 0.2) is 23.4 Å². The molecule has 0 unspecified atom stereocenters. The number of benzene rings is 1. The Bertz CT molecular complexity index is 413. The van der Waals surface area contributed by atoms with Gasteiger partial charge in [-0.25, -0.2) is 0 Å². The molecule has 0 fully saturated rings. The second-order valence-corrected chi connectivity index (χ2v) is 4.64. The minimum Gasteiger partial charge on any atom is -0.409 e. The summed E-state index contributed by atoms with van der Waals surface area (Å²) < 4.78 is 0. The van der Waals surface area contributed by atoms with Gasteiger partial charge in [-0.3, -0.25) is 4.90 Å². The van der Waals surface area contributed by atoms with Gasteiger partial charge in [-0.05, 0) is 45.0 Å². The molecule has 17 heavy (non-hydrogen) atoms. The number of nitrogens with two attached hydrogens (primary N) is 1. The summed E-state index contributed by atoms with van der Waals surface area (Å²) in [7, 11) is 2.10. The lowest BCUT2D eigenvalue weighted by Gasteiger charge is -2.22. The average Bonchev–Trinajstić information content (AvgIpc) is 2.30. The van der Waals surface area contributed by atoms with E-state index in [2.05, 4.69) is 31.0 Å². The molecule has 3 N–H and O–H groups in total. The molecule has 0 aliphatic carbocycles. The number of nitrogens with zero attached hydrogens (tertiary/aromatic N) is 2. The van der Waals surface area contributed by atoms with Crippen LogP contribution in [0, 0.1) is 6.92 Å². The highest BCUT2D eigenvalue weighted by Gasteiger charge is 2.08. The second-order valence-electron chi connectivity index (χ2n) is 4.64. The minimum absolute atomic E-state index is 0.150. The molecule has 94 valence electrons. The Hall–Kier alpha value is -1.55. The maximum Gasteiger partial charge on any atom is 0.170 e. The first kappa shape index (κ1) is 13.5. The van der Waals surface area contributed by atoms with Crippen LogP contribution in [0.5, 0.6) is 0 Å². The van der Waals surface area contributed by atoms with Crippen molar-refractivity contribution in [2.75, 3.05) is 7.05 Å². The number of amidine groups is 1. The molecule has 0 spiro atoms. The van der Waals surface area contributed by atoms with Crippen LogP contribution in [0.4, 0.5) is 0 Å². The van der Waals surface area contributed by atoms with Gasteiger partial charge in [0, 0.05) is 18.2 Å². The third-order valence-electron chi connectivity index (χ3n) is 3.05. The first-order valence-corrected chi connectivity index (χ1v) is 5.73. The van der Waals surface area contributed by atoms with Crippen LogP contribution in [0.25, 0.3) is 0 Å². The van der Waals surface area contributed by atoms with Crippen molar-refractivity contribution < 1.29 is 5.21 Å². The predicted molar refractivity (Wildman–Crippen MR) is 70.3 cm³/mol. The van der Waals surface area contributed by atoms with E-state index >= 15 is 0 Å². The molecule has 0 heterocycles. The summed E-state index contributed by atoms with van der Waals surface area (Å²) in [6, 6.07) is 6.37. The number of rotatable bonds is 4. The van der Waals surface area contributed by atoms with Gasteiger partial charge in [0.15, 0.2) is 5.84 Å². The predicted octanol–water partition coefficient (Wildman–Crippen LogP) is 1.93. The van der Waals surface area contributed by atoms with E-state index in [4.69, 9.17) is 10.9 Å². The van der Waals surface area contributed by atoms with Crippen molar-refractivity contribution in [3.63, 3.8) is 0 Å². The largest absolute Gasteiger partial charge is 0.409 e. The van der Waals surface area contributed by atoms with E-state index in [-0.39, 0.29) is 5.84 Å². The summed E-state index contributed by atoms with van der Waals surface area (Å²) in [5.41, 5.74) is 8.72. The third kappa shape index (κ3) is 3.46. The van der Waals surface area contributed by atoms with Gasteiger partial charge in [-0.2, -0.15) is 0 Å². The smallest absolute Gasteiger partial charge is 0.170 e. The van der Waals surface area contributed by atoms with Gasteiger partial charge in [0.1, 0.15) is 0 Å². The zero-order valence-corrected chi connectivity index (χ0v) is 10.9. The standard InChI is InChI=1S/C13H21N3O/c1-9(2)16(4)8-12-6-5-11(7-10(12)3)13(14)15-17/h5-7,9,17H,8H2,1-4H3,(H2,14,15). The molecule has 1 rings (SSSR count). The van der Waals surface area contributed by atoms with Crippen molar-refractivity contribution in [3.8, 4) is 0 Å². The van der Waals surface area contributed by atoms with Crippen LogP contribution in [-0.2, 0) is 6.54 Å². The van der Waals surface area contributed by atoms with Crippen LogP contribution in [0.1, 0.15) is 30.5 Å². The number of aryl methyl sites for hydroxylation is 1.